The SMILES string of the molecule is CC.CC.COc1ccc(N)cc1. The van der Waals surface area contributed by atoms with Crippen LogP contribution in [0.5, 0.6) is 5.75 Å². The third-order valence-electron chi connectivity index (χ3n) is 1.12. The molecule has 76 valence electrons. The van der Waals surface area contributed by atoms with Gasteiger partial charge < -0.3 is 10.5 Å². The van der Waals surface area contributed by atoms with Gasteiger partial charge >= 0.3 is 0 Å². The van der Waals surface area contributed by atoms with E-state index in [4.69, 9.17) is 10.5 Å². The monoisotopic (exact) mass is 183 g/mol. The van der Waals surface area contributed by atoms with Gasteiger partial charge in [0.2, 0.25) is 0 Å². The molecule has 0 saturated heterocycles. The summed E-state index contributed by atoms with van der Waals surface area (Å²) >= 11 is 0. The van der Waals surface area contributed by atoms with Crippen LogP contribution in [0.15, 0.2) is 24.3 Å². The van der Waals surface area contributed by atoms with Crippen LogP contribution in [0.2, 0.25) is 0 Å². The topological polar surface area (TPSA) is 35.2 Å². The fraction of sp³-hybridized carbons (Fsp3) is 0.455. The molecule has 0 heterocycles. The first-order chi connectivity index (χ1) is 6.33. The highest BCUT2D eigenvalue weighted by Gasteiger charge is 1.86. The fourth-order valence-corrected chi connectivity index (χ4v) is 0.604. The maximum absolute atomic E-state index is 5.43. The van der Waals surface area contributed by atoms with Gasteiger partial charge in [0.1, 0.15) is 5.75 Å². The minimum absolute atomic E-state index is 0.760. The van der Waals surface area contributed by atoms with Crippen molar-refractivity contribution in [2.24, 2.45) is 0 Å². The number of ether oxygens (including phenoxy) is 1. The Bertz CT molecular complexity index is 182. The highest BCUT2D eigenvalue weighted by Crippen LogP contribution is 2.11. The molecule has 0 saturated carbocycles. The van der Waals surface area contributed by atoms with Crippen LogP contribution >= 0.6 is 0 Å². The number of rotatable bonds is 1. The molecule has 1 rings (SSSR count). The van der Waals surface area contributed by atoms with E-state index in [0.29, 0.717) is 0 Å². The maximum atomic E-state index is 5.43. The molecule has 0 unspecified atom stereocenters. The van der Waals surface area contributed by atoms with Crippen LogP contribution in [-0.4, -0.2) is 7.11 Å². The van der Waals surface area contributed by atoms with Crippen LogP contribution in [0, 0.1) is 0 Å². The van der Waals surface area contributed by atoms with E-state index in [2.05, 4.69) is 0 Å². The largest absolute Gasteiger partial charge is 0.497 e. The molecule has 0 fully saturated rings. The summed E-state index contributed by atoms with van der Waals surface area (Å²) in [4.78, 5) is 0. The van der Waals surface area contributed by atoms with E-state index in [9.17, 15) is 0 Å². The standard InChI is InChI=1S/C7H9NO.2C2H6/c1-9-7-4-2-6(8)3-5-7;2*1-2/h2-5H,8H2,1H3;2*1-2H3. The van der Waals surface area contributed by atoms with E-state index in [1.165, 1.54) is 0 Å². The Hall–Kier alpha value is -1.18. The molecule has 2 heteroatoms. The van der Waals surface area contributed by atoms with Crippen LogP contribution in [0.3, 0.4) is 0 Å². The van der Waals surface area contributed by atoms with Gasteiger partial charge in [-0.1, -0.05) is 27.7 Å². The van der Waals surface area contributed by atoms with E-state index in [1.807, 2.05) is 39.8 Å². The molecule has 0 aliphatic heterocycles. The van der Waals surface area contributed by atoms with E-state index < -0.39 is 0 Å². The lowest BCUT2D eigenvalue weighted by molar-refractivity contribution is 0.415. The molecule has 0 aliphatic carbocycles. The molecular weight excluding hydrogens is 162 g/mol. The van der Waals surface area contributed by atoms with Gasteiger partial charge in [-0.15, -0.1) is 0 Å². The van der Waals surface area contributed by atoms with Gasteiger partial charge in [0.25, 0.3) is 0 Å². The number of methoxy groups -OCH3 is 1. The highest BCUT2D eigenvalue weighted by molar-refractivity contribution is 5.41. The highest BCUT2D eigenvalue weighted by atomic mass is 16.5. The zero-order valence-electron chi connectivity index (χ0n) is 9.29. The Balaban J connectivity index is 0. The van der Waals surface area contributed by atoms with E-state index in [0.717, 1.165) is 11.4 Å². The summed E-state index contributed by atoms with van der Waals surface area (Å²) in [5.74, 6) is 0.837. The molecule has 2 nitrogen and oxygen atoms in total. The summed E-state index contributed by atoms with van der Waals surface area (Å²) in [6.45, 7) is 8.00. The van der Waals surface area contributed by atoms with Crippen LogP contribution in [0.25, 0.3) is 0 Å². The van der Waals surface area contributed by atoms with Gasteiger partial charge in [0.05, 0.1) is 7.11 Å². The minimum atomic E-state index is 0.760. The third kappa shape index (κ3) is 7.19. The molecule has 0 aliphatic rings. The van der Waals surface area contributed by atoms with Crippen molar-refractivity contribution in [3.8, 4) is 5.75 Å². The molecule has 0 radical (unpaired) electrons. The Labute approximate surface area is 81.7 Å². The van der Waals surface area contributed by atoms with Crippen LogP contribution in [-0.2, 0) is 0 Å². The smallest absolute Gasteiger partial charge is 0.119 e. The summed E-state index contributed by atoms with van der Waals surface area (Å²) in [5.41, 5.74) is 6.19. The predicted molar refractivity (Wildman–Crippen MR) is 60.1 cm³/mol. The lowest BCUT2D eigenvalue weighted by atomic mass is 10.3. The first-order valence-corrected chi connectivity index (χ1v) is 4.72. The van der Waals surface area contributed by atoms with Crippen molar-refractivity contribution in [3.63, 3.8) is 0 Å². The summed E-state index contributed by atoms with van der Waals surface area (Å²) in [6.07, 6.45) is 0. The molecule has 0 spiro atoms. The third-order valence-corrected chi connectivity index (χ3v) is 1.12. The Morgan fingerprint density at radius 3 is 1.62 bits per heavy atom. The molecular formula is C11H21NO. The Morgan fingerprint density at radius 2 is 1.31 bits per heavy atom. The predicted octanol–water partition coefficient (Wildman–Crippen LogP) is 3.33. The van der Waals surface area contributed by atoms with Gasteiger partial charge in [-0.2, -0.15) is 0 Å². The Kier molecular flexibility index (Phi) is 11.9. The van der Waals surface area contributed by atoms with Crippen molar-refractivity contribution >= 4 is 5.69 Å². The number of nitrogen functional groups attached to an aromatic ring is 1. The lowest BCUT2D eigenvalue weighted by Crippen LogP contribution is -1.84. The van der Waals surface area contributed by atoms with E-state index in [-0.39, 0.29) is 0 Å². The fourth-order valence-electron chi connectivity index (χ4n) is 0.604. The van der Waals surface area contributed by atoms with Gasteiger partial charge in [-0.3, -0.25) is 0 Å². The zero-order valence-corrected chi connectivity index (χ0v) is 9.29. The molecule has 0 amide bonds. The molecule has 1 aromatic rings. The second kappa shape index (κ2) is 10.8. The minimum Gasteiger partial charge on any atom is -0.497 e. The summed E-state index contributed by atoms with van der Waals surface area (Å²) in [7, 11) is 1.63. The van der Waals surface area contributed by atoms with Crippen LogP contribution < -0.4 is 10.5 Å². The van der Waals surface area contributed by atoms with Gasteiger partial charge in [-0.25, -0.2) is 0 Å². The van der Waals surface area contributed by atoms with Crippen molar-refractivity contribution < 1.29 is 4.74 Å². The number of anilines is 1. The number of hydrogen-bond acceptors (Lipinski definition) is 2. The second-order valence-corrected chi connectivity index (χ2v) is 1.77. The second-order valence-electron chi connectivity index (χ2n) is 1.77. The quantitative estimate of drug-likeness (QED) is 0.678. The molecule has 0 bridgehead atoms. The van der Waals surface area contributed by atoms with Crippen LogP contribution in [0.4, 0.5) is 5.69 Å². The lowest BCUT2D eigenvalue weighted by Gasteiger charge is -1.97. The van der Waals surface area contributed by atoms with Crippen molar-refractivity contribution in [1.82, 2.24) is 0 Å². The van der Waals surface area contributed by atoms with Crippen molar-refractivity contribution in [2.45, 2.75) is 27.7 Å². The maximum Gasteiger partial charge on any atom is 0.119 e. The summed E-state index contributed by atoms with van der Waals surface area (Å²) in [5, 5.41) is 0. The first kappa shape index (κ1) is 14.3. The zero-order chi connectivity index (χ0) is 10.7. The molecule has 0 atom stereocenters. The van der Waals surface area contributed by atoms with Gasteiger partial charge in [0.15, 0.2) is 0 Å². The summed E-state index contributed by atoms with van der Waals surface area (Å²) < 4.78 is 4.91. The average molecular weight is 183 g/mol. The van der Waals surface area contributed by atoms with Gasteiger partial charge in [0, 0.05) is 5.69 Å². The molecule has 1 aromatic carbocycles. The summed E-state index contributed by atoms with van der Waals surface area (Å²) in [6, 6.07) is 7.27. The van der Waals surface area contributed by atoms with Crippen LogP contribution in [0.1, 0.15) is 27.7 Å². The molecule has 13 heavy (non-hydrogen) atoms. The van der Waals surface area contributed by atoms with Crippen molar-refractivity contribution in [3.05, 3.63) is 24.3 Å². The van der Waals surface area contributed by atoms with Gasteiger partial charge in [-0.05, 0) is 24.3 Å². The normalized spacial score (nSPS) is 7.15. The van der Waals surface area contributed by atoms with Crippen molar-refractivity contribution in [1.29, 1.82) is 0 Å². The van der Waals surface area contributed by atoms with E-state index >= 15 is 0 Å². The Morgan fingerprint density at radius 1 is 0.923 bits per heavy atom. The molecule has 2 N–H and O–H groups in total. The molecule has 0 aromatic heterocycles. The first-order valence-electron chi connectivity index (χ1n) is 4.72. The number of benzene rings is 1. The van der Waals surface area contributed by atoms with Crippen molar-refractivity contribution in [2.75, 3.05) is 12.8 Å². The number of hydrogen-bond donors (Lipinski definition) is 1. The average Bonchev–Trinajstić information content (AvgIpc) is 2.25. The van der Waals surface area contributed by atoms with E-state index in [1.54, 1.807) is 19.2 Å². The number of nitrogens with two attached hydrogens (primary N) is 1.